The van der Waals surface area contributed by atoms with E-state index in [1.807, 2.05) is 19.1 Å². The van der Waals surface area contributed by atoms with Crippen molar-refractivity contribution in [2.45, 2.75) is 12.1 Å². The number of benzene rings is 2. The molecule has 9 heteroatoms. The average molecular weight is 412 g/mol. The number of nitrogens with zero attached hydrogens (tertiary/aromatic N) is 4. The van der Waals surface area contributed by atoms with Crippen LogP contribution in [0.4, 0.5) is 0 Å². The van der Waals surface area contributed by atoms with Crippen molar-refractivity contribution in [1.82, 2.24) is 24.8 Å². The van der Waals surface area contributed by atoms with Gasteiger partial charge in [-0.05, 0) is 19.1 Å². The van der Waals surface area contributed by atoms with Crippen LogP contribution >= 0.6 is 23.4 Å². The van der Waals surface area contributed by atoms with Crippen molar-refractivity contribution in [2.24, 2.45) is 0 Å². The number of thioether (sulfide) groups is 1. The zero-order valence-corrected chi connectivity index (χ0v) is 16.3. The van der Waals surface area contributed by atoms with Gasteiger partial charge in [-0.15, -0.1) is 10.2 Å². The van der Waals surface area contributed by atoms with Gasteiger partial charge in [0.2, 0.25) is 5.16 Å². The van der Waals surface area contributed by atoms with Crippen molar-refractivity contribution in [1.29, 1.82) is 0 Å². The number of carbonyl (C=O) groups is 1. The third-order valence-electron chi connectivity index (χ3n) is 4.08. The molecule has 0 saturated carbocycles. The van der Waals surface area contributed by atoms with Gasteiger partial charge in [0.25, 0.3) is 11.3 Å². The number of hydrogen-bond acceptors (Lipinski definition) is 6. The van der Waals surface area contributed by atoms with Crippen LogP contribution in [0, 0.1) is 6.92 Å². The molecule has 0 bridgehead atoms. The molecule has 4 rings (SSSR count). The van der Waals surface area contributed by atoms with Gasteiger partial charge < -0.3 is 0 Å². The van der Waals surface area contributed by atoms with Crippen LogP contribution in [0.25, 0.3) is 17.0 Å². The SMILES string of the molecule is Cc1ccc(C(=O)CSc2nnc3[nH]c(=O)c(-c4ccc(Cl)cc4)nn23)cc1. The van der Waals surface area contributed by atoms with Crippen molar-refractivity contribution in [3.63, 3.8) is 0 Å². The molecule has 0 spiro atoms. The number of aryl methyl sites for hydroxylation is 1. The Hall–Kier alpha value is -2.97. The molecule has 0 atom stereocenters. The molecule has 28 heavy (non-hydrogen) atoms. The Morgan fingerprint density at radius 1 is 1.11 bits per heavy atom. The number of H-pyrrole nitrogens is 1. The minimum absolute atomic E-state index is 0.0240. The molecule has 0 aliphatic carbocycles. The van der Waals surface area contributed by atoms with Gasteiger partial charge in [0.05, 0.1) is 5.75 Å². The average Bonchev–Trinajstić information content (AvgIpc) is 3.08. The molecule has 0 radical (unpaired) electrons. The summed E-state index contributed by atoms with van der Waals surface area (Å²) in [6, 6.07) is 14.2. The van der Waals surface area contributed by atoms with E-state index in [0.717, 1.165) is 5.56 Å². The molecular weight excluding hydrogens is 398 g/mol. The van der Waals surface area contributed by atoms with Gasteiger partial charge in [0, 0.05) is 16.1 Å². The van der Waals surface area contributed by atoms with Crippen LogP contribution in [0.3, 0.4) is 0 Å². The number of ketones is 1. The van der Waals surface area contributed by atoms with Crippen molar-refractivity contribution in [3.8, 4) is 11.3 Å². The molecule has 2 heterocycles. The third-order valence-corrected chi connectivity index (χ3v) is 5.25. The first-order valence-electron chi connectivity index (χ1n) is 8.35. The van der Waals surface area contributed by atoms with Gasteiger partial charge in [-0.25, -0.2) is 0 Å². The summed E-state index contributed by atoms with van der Waals surface area (Å²) >= 11 is 7.12. The van der Waals surface area contributed by atoms with E-state index in [2.05, 4.69) is 20.3 Å². The molecule has 2 aromatic heterocycles. The van der Waals surface area contributed by atoms with Crippen molar-refractivity contribution >= 4 is 34.9 Å². The third kappa shape index (κ3) is 3.69. The minimum Gasteiger partial charge on any atom is -0.293 e. The maximum absolute atomic E-state index is 12.4. The second kappa shape index (κ2) is 7.57. The zero-order chi connectivity index (χ0) is 19.7. The zero-order valence-electron chi connectivity index (χ0n) is 14.7. The molecule has 0 aliphatic rings. The standard InChI is InChI=1S/C19H14ClN5O2S/c1-11-2-4-12(5-3-11)15(26)10-28-19-23-22-18-21-17(27)16(24-25(18)19)13-6-8-14(20)9-7-13/h2-9H,10H2,1H3,(H,21,22,27). The molecule has 0 aliphatic heterocycles. The highest BCUT2D eigenvalue weighted by molar-refractivity contribution is 7.99. The number of nitrogens with one attached hydrogen (secondary N) is 1. The van der Waals surface area contributed by atoms with Gasteiger partial charge in [-0.2, -0.15) is 9.61 Å². The van der Waals surface area contributed by atoms with Crippen LogP contribution in [0.5, 0.6) is 0 Å². The normalized spacial score (nSPS) is 11.1. The fraction of sp³-hybridized carbons (Fsp3) is 0.105. The lowest BCUT2D eigenvalue weighted by molar-refractivity contribution is 0.102. The molecule has 0 amide bonds. The Morgan fingerprint density at radius 2 is 1.82 bits per heavy atom. The Labute approximate surface area is 168 Å². The van der Waals surface area contributed by atoms with Crippen molar-refractivity contribution in [3.05, 3.63) is 75.0 Å². The van der Waals surface area contributed by atoms with Crippen LogP contribution in [-0.2, 0) is 0 Å². The summed E-state index contributed by atoms with van der Waals surface area (Å²) < 4.78 is 1.43. The Kier molecular flexibility index (Phi) is 4.97. The highest BCUT2D eigenvalue weighted by Gasteiger charge is 2.15. The Bertz CT molecular complexity index is 1220. The van der Waals surface area contributed by atoms with Crippen LogP contribution in [0.2, 0.25) is 5.02 Å². The monoisotopic (exact) mass is 411 g/mol. The second-order valence-electron chi connectivity index (χ2n) is 6.11. The molecule has 140 valence electrons. The first kappa shape index (κ1) is 18.4. The van der Waals surface area contributed by atoms with Crippen LogP contribution in [0.15, 0.2) is 58.5 Å². The Morgan fingerprint density at radius 3 is 2.54 bits per heavy atom. The smallest absolute Gasteiger partial charge is 0.279 e. The van der Waals surface area contributed by atoms with Crippen LogP contribution in [0.1, 0.15) is 15.9 Å². The molecule has 1 N–H and O–H groups in total. The van der Waals surface area contributed by atoms with E-state index in [1.165, 1.54) is 16.3 Å². The van der Waals surface area contributed by atoms with Crippen LogP contribution < -0.4 is 5.56 Å². The minimum atomic E-state index is -0.380. The largest absolute Gasteiger partial charge is 0.293 e. The number of aromatic nitrogens is 5. The van der Waals surface area contributed by atoms with Gasteiger partial charge in [-0.3, -0.25) is 14.6 Å². The summed E-state index contributed by atoms with van der Waals surface area (Å²) in [6.07, 6.45) is 0. The predicted molar refractivity (Wildman–Crippen MR) is 108 cm³/mol. The summed E-state index contributed by atoms with van der Waals surface area (Å²) in [5.41, 5.74) is 2.18. The van der Waals surface area contributed by atoms with Gasteiger partial charge in [0.15, 0.2) is 11.5 Å². The highest BCUT2D eigenvalue weighted by atomic mass is 35.5. The highest BCUT2D eigenvalue weighted by Crippen LogP contribution is 2.20. The van der Waals surface area contributed by atoms with Gasteiger partial charge in [-0.1, -0.05) is 65.3 Å². The number of Topliss-reactive ketones (excluding diaryl/α,β-unsaturated/α-hetero) is 1. The van der Waals surface area contributed by atoms with Gasteiger partial charge >= 0.3 is 0 Å². The van der Waals surface area contributed by atoms with Crippen molar-refractivity contribution in [2.75, 3.05) is 5.75 Å². The van der Waals surface area contributed by atoms with E-state index in [0.29, 0.717) is 21.3 Å². The lowest BCUT2D eigenvalue weighted by Crippen LogP contribution is -2.15. The maximum atomic E-state index is 12.4. The van der Waals surface area contributed by atoms with Crippen LogP contribution in [-0.4, -0.2) is 36.3 Å². The van der Waals surface area contributed by atoms with E-state index in [4.69, 9.17) is 11.6 Å². The number of halogens is 1. The van der Waals surface area contributed by atoms with Gasteiger partial charge in [0.1, 0.15) is 0 Å². The number of aromatic amines is 1. The van der Waals surface area contributed by atoms with E-state index in [9.17, 15) is 9.59 Å². The van der Waals surface area contributed by atoms with E-state index >= 15 is 0 Å². The summed E-state index contributed by atoms with van der Waals surface area (Å²) in [5.74, 6) is 0.373. The first-order chi connectivity index (χ1) is 13.5. The van der Waals surface area contributed by atoms with E-state index < -0.39 is 0 Å². The second-order valence-corrected chi connectivity index (χ2v) is 7.48. The number of fused-ring (bicyclic) bond motifs is 1. The number of carbonyl (C=O) groups excluding carboxylic acids is 1. The lowest BCUT2D eigenvalue weighted by Gasteiger charge is -2.03. The molecule has 0 unspecified atom stereocenters. The topological polar surface area (TPSA) is 93.0 Å². The lowest BCUT2D eigenvalue weighted by atomic mass is 10.1. The van der Waals surface area contributed by atoms with E-state index in [-0.39, 0.29) is 28.6 Å². The van der Waals surface area contributed by atoms with Crippen molar-refractivity contribution < 1.29 is 4.79 Å². The Balaban J connectivity index is 1.62. The van der Waals surface area contributed by atoms with E-state index in [1.54, 1.807) is 36.4 Å². The molecule has 7 nitrogen and oxygen atoms in total. The first-order valence-corrected chi connectivity index (χ1v) is 9.72. The molecular formula is C19H14ClN5O2S. The molecule has 0 fully saturated rings. The number of rotatable bonds is 5. The number of hydrogen-bond donors (Lipinski definition) is 1. The molecule has 2 aromatic carbocycles. The summed E-state index contributed by atoms with van der Waals surface area (Å²) in [4.78, 5) is 27.4. The predicted octanol–water partition coefficient (Wildman–Crippen LogP) is 3.42. The fourth-order valence-electron chi connectivity index (χ4n) is 2.58. The fourth-order valence-corrected chi connectivity index (χ4v) is 3.48. The summed E-state index contributed by atoms with van der Waals surface area (Å²) in [6.45, 7) is 1.97. The molecule has 0 saturated heterocycles. The maximum Gasteiger partial charge on any atom is 0.279 e. The summed E-state index contributed by atoms with van der Waals surface area (Å²) in [7, 11) is 0. The summed E-state index contributed by atoms with van der Waals surface area (Å²) in [5, 5.41) is 13.3. The quantitative estimate of drug-likeness (QED) is 0.399. The molecule has 4 aromatic rings.